The molecule has 1 heterocycles. The summed E-state index contributed by atoms with van der Waals surface area (Å²) in [6.45, 7) is 7.08. The van der Waals surface area contributed by atoms with Crippen molar-refractivity contribution < 1.29 is 14.3 Å². The van der Waals surface area contributed by atoms with Crippen LogP contribution >= 0.6 is 0 Å². The molecule has 176 valence electrons. The van der Waals surface area contributed by atoms with Crippen molar-refractivity contribution in [3.05, 3.63) is 0 Å². The Morgan fingerprint density at radius 1 is 0.833 bits per heavy atom. The van der Waals surface area contributed by atoms with Crippen LogP contribution in [0.25, 0.3) is 0 Å². The highest BCUT2D eigenvalue weighted by Gasteiger charge is 2.36. The number of hydrogen-bond acceptors (Lipinski definition) is 4. The van der Waals surface area contributed by atoms with Gasteiger partial charge in [0.2, 0.25) is 0 Å². The van der Waals surface area contributed by atoms with Crippen molar-refractivity contribution in [2.45, 2.75) is 142 Å². The summed E-state index contributed by atoms with van der Waals surface area (Å²) in [5.74, 6) is 0.702. The Labute approximate surface area is 186 Å². The van der Waals surface area contributed by atoms with Crippen molar-refractivity contribution >= 4 is 11.9 Å². The highest BCUT2D eigenvalue weighted by molar-refractivity contribution is 5.78. The Morgan fingerprint density at radius 3 is 1.80 bits per heavy atom. The van der Waals surface area contributed by atoms with Crippen LogP contribution in [0.2, 0.25) is 0 Å². The van der Waals surface area contributed by atoms with Crippen LogP contribution in [0, 0.1) is 0 Å². The lowest BCUT2D eigenvalue weighted by atomic mass is 10.0. The lowest BCUT2D eigenvalue weighted by Gasteiger charge is -2.21. The maximum Gasteiger partial charge on any atom is 0.305 e. The number of ether oxygens (including phenoxy) is 2. The van der Waals surface area contributed by atoms with Gasteiger partial charge in [-0.1, -0.05) is 111 Å². The predicted octanol–water partition coefficient (Wildman–Crippen LogP) is 7.78. The number of hydrogen-bond donors (Lipinski definition) is 0. The van der Waals surface area contributed by atoms with Gasteiger partial charge in [0.25, 0.3) is 0 Å². The molecule has 30 heavy (non-hydrogen) atoms. The summed E-state index contributed by atoms with van der Waals surface area (Å²) in [5.41, 5.74) is -0.352. The van der Waals surface area contributed by atoms with Gasteiger partial charge in [0.05, 0.1) is 0 Å². The molecule has 1 unspecified atom stereocenters. The molecule has 4 nitrogen and oxygen atoms in total. The molecule has 1 atom stereocenters. The van der Waals surface area contributed by atoms with E-state index >= 15 is 0 Å². The van der Waals surface area contributed by atoms with Gasteiger partial charge >= 0.3 is 5.97 Å². The van der Waals surface area contributed by atoms with Crippen molar-refractivity contribution in [3.8, 4) is 0 Å². The highest BCUT2D eigenvalue weighted by atomic mass is 16.5. The first-order valence-electron chi connectivity index (χ1n) is 13.0. The van der Waals surface area contributed by atoms with Crippen molar-refractivity contribution in [1.29, 1.82) is 0 Å². The van der Waals surface area contributed by atoms with Crippen molar-refractivity contribution in [1.82, 2.24) is 0 Å². The second-order valence-electron chi connectivity index (χ2n) is 9.09. The zero-order valence-electron chi connectivity index (χ0n) is 20.3. The number of aliphatic imine (C=N–C) groups is 1. The van der Waals surface area contributed by atoms with E-state index in [-0.39, 0.29) is 11.5 Å². The van der Waals surface area contributed by atoms with Crippen LogP contribution in [0.4, 0.5) is 0 Å². The third kappa shape index (κ3) is 12.6. The van der Waals surface area contributed by atoms with Crippen molar-refractivity contribution in [3.63, 3.8) is 0 Å². The first-order valence-corrected chi connectivity index (χ1v) is 13.0. The summed E-state index contributed by atoms with van der Waals surface area (Å²) < 4.78 is 11.1. The van der Waals surface area contributed by atoms with Gasteiger partial charge < -0.3 is 9.47 Å². The van der Waals surface area contributed by atoms with Crippen LogP contribution in [-0.2, 0) is 14.3 Å². The number of unbranched alkanes of at least 4 members (excludes halogenated alkanes) is 14. The minimum Gasteiger partial charge on any atom is -0.478 e. The van der Waals surface area contributed by atoms with E-state index in [2.05, 4.69) is 13.8 Å². The topological polar surface area (TPSA) is 47.9 Å². The number of rotatable bonds is 20. The first kappa shape index (κ1) is 27.0. The van der Waals surface area contributed by atoms with E-state index in [9.17, 15) is 4.79 Å². The highest BCUT2D eigenvalue weighted by Crippen LogP contribution is 2.25. The van der Waals surface area contributed by atoms with Gasteiger partial charge in [-0.25, -0.2) is 4.99 Å². The molecule has 0 aromatic heterocycles. The number of carbonyl (C=O) groups is 1. The molecule has 4 heteroatoms. The molecule has 0 N–H and O–H groups in total. The molecule has 1 aliphatic rings. The van der Waals surface area contributed by atoms with Gasteiger partial charge in [-0.2, -0.15) is 0 Å². The van der Waals surface area contributed by atoms with E-state index in [1.54, 1.807) is 0 Å². The molecule has 1 rings (SSSR count). The van der Waals surface area contributed by atoms with Crippen LogP contribution in [-0.4, -0.2) is 30.6 Å². The smallest absolute Gasteiger partial charge is 0.305 e. The Morgan fingerprint density at radius 2 is 1.33 bits per heavy atom. The summed E-state index contributed by atoms with van der Waals surface area (Å²) in [5, 5.41) is 0. The molecule has 0 radical (unpaired) electrons. The van der Waals surface area contributed by atoms with Crippen LogP contribution in [0.3, 0.4) is 0 Å². The normalized spacial score (nSPS) is 18.3. The van der Waals surface area contributed by atoms with Gasteiger partial charge in [0, 0.05) is 12.8 Å². The van der Waals surface area contributed by atoms with Crippen LogP contribution in [0.15, 0.2) is 4.99 Å². The average Bonchev–Trinajstić information content (AvgIpc) is 3.18. The Bertz CT molecular complexity index is 463. The number of carbonyl (C=O) groups excluding carboxylic acids is 1. The van der Waals surface area contributed by atoms with E-state index in [4.69, 9.17) is 14.5 Å². The summed E-state index contributed by atoms with van der Waals surface area (Å²) in [7, 11) is 0. The summed E-state index contributed by atoms with van der Waals surface area (Å²) >= 11 is 0. The minimum atomic E-state index is -0.352. The molecule has 1 aliphatic heterocycles. The van der Waals surface area contributed by atoms with Crippen molar-refractivity contribution in [2.75, 3.05) is 13.2 Å². The maximum absolute atomic E-state index is 11.4. The molecule has 0 amide bonds. The molecule has 0 aromatic carbocycles. The van der Waals surface area contributed by atoms with Crippen LogP contribution < -0.4 is 0 Å². The van der Waals surface area contributed by atoms with Gasteiger partial charge in [-0.15, -0.1) is 0 Å². The quantitative estimate of drug-likeness (QED) is 0.148. The predicted molar refractivity (Wildman–Crippen MR) is 127 cm³/mol. The molecule has 0 saturated carbocycles. The van der Waals surface area contributed by atoms with E-state index < -0.39 is 0 Å². The first-order chi connectivity index (χ1) is 14.7. The van der Waals surface area contributed by atoms with E-state index in [1.165, 1.54) is 89.9 Å². The van der Waals surface area contributed by atoms with Gasteiger partial charge in [-0.05, 0) is 12.8 Å². The summed E-state index contributed by atoms with van der Waals surface area (Å²) in [6, 6.07) is 0. The average molecular weight is 424 g/mol. The Balaban J connectivity index is 1.95. The lowest BCUT2D eigenvalue weighted by molar-refractivity contribution is -0.145. The van der Waals surface area contributed by atoms with Crippen LogP contribution in [0.1, 0.15) is 136 Å². The molecule has 0 bridgehead atoms. The number of esters is 1. The third-order valence-electron chi connectivity index (χ3n) is 6.31. The molecule has 0 aromatic rings. The fourth-order valence-corrected chi connectivity index (χ4v) is 4.00. The van der Waals surface area contributed by atoms with Gasteiger partial charge in [0.15, 0.2) is 5.90 Å². The zero-order chi connectivity index (χ0) is 21.9. The fourth-order valence-electron chi connectivity index (χ4n) is 4.00. The fraction of sp³-hybridized carbons (Fsp3) is 0.923. The molecular weight excluding hydrogens is 374 g/mol. The van der Waals surface area contributed by atoms with Crippen LogP contribution in [0.5, 0.6) is 0 Å². The SMILES string of the molecule is CCCCCCCCCCCCCCCCCC1=NC(CC)(COC(=O)CC)CO1. The minimum absolute atomic E-state index is 0.158. The van der Waals surface area contributed by atoms with E-state index in [1.807, 2.05) is 6.92 Å². The Hall–Kier alpha value is -1.06. The second-order valence-corrected chi connectivity index (χ2v) is 9.09. The van der Waals surface area contributed by atoms with E-state index in [0.717, 1.165) is 25.2 Å². The summed E-state index contributed by atoms with van der Waals surface area (Å²) in [4.78, 5) is 16.2. The molecule has 0 fully saturated rings. The zero-order valence-corrected chi connectivity index (χ0v) is 20.3. The Kier molecular flexibility index (Phi) is 15.8. The van der Waals surface area contributed by atoms with Crippen molar-refractivity contribution in [2.24, 2.45) is 4.99 Å². The second kappa shape index (κ2) is 17.6. The monoisotopic (exact) mass is 423 g/mol. The number of nitrogens with zero attached hydrogens (tertiary/aromatic N) is 1. The maximum atomic E-state index is 11.4. The summed E-state index contributed by atoms with van der Waals surface area (Å²) in [6.07, 6.45) is 22.8. The standard InChI is InChI=1S/C26H49NO3/c1-4-7-8-9-10-11-12-13-14-15-16-17-18-19-20-21-24-27-26(6-3,22-29-24)23-30-25(28)5-2/h4-23H2,1-3H3. The third-order valence-corrected chi connectivity index (χ3v) is 6.31. The lowest BCUT2D eigenvalue weighted by Crippen LogP contribution is -2.34. The van der Waals surface area contributed by atoms with E-state index in [0.29, 0.717) is 19.6 Å². The molecule has 0 aliphatic carbocycles. The van der Waals surface area contributed by atoms with Gasteiger partial charge in [0.1, 0.15) is 18.8 Å². The molecule has 0 saturated heterocycles. The van der Waals surface area contributed by atoms with Gasteiger partial charge in [-0.3, -0.25) is 4.79 Å². The largest absolute Gasteiger partial charge is 0.478 e. The molecular formula is C26H49NO3. The molecule has 0 spiro atoms.